The molecule has 2 atom stereocenters. The van der Waals surface area contributed by atoms with Crippen molar-refractivity contribution in [3.63, 3.8) is 0 Å². The number of hydrogen-bond acceptors (Lipinski definition) is 13. The van der Waals surface area contributed by atoms with E-state index in [9.17, 15) is 24.6 Å². The second kappa shape index (κ2) is 23.7. The molecule has 4 heterocycles. The fourth-order valence-electron chi connectivity index (χ4n) is 9.09. The van der Waals surface area contributed by atoms with Crippen LogP contribution < -0.4 is 20.9 Å². The summed E-state index contributed by atoms with van der Waals surface area (Å²) in [6.07, 6.45) is 3.22. The Morgan fingerprint density at radius 2 is 1.15 bits per heavy atom. The van der Waals surface area contributed by atoms with Crippen molar-refractivity contribution >= 4 is 30.1 Å². The first-order chi connectivity index (χ1) is 34.9. The molecule has 6 N–H and O–H groups in total. The number of nitrogens with zero attached hydrogens (tertiary/aromatic N) is 4. The maximum Gasteiger partial charge on any atom is 0.410 e. The lowest BCUT2D eigenvalue weighted by Gasteiger charge is -2.35. The standard InChI is InChI=1S/C29H33N3O5.C29H35N3O4/c1-29(2,3)37-28(35)32-14-8-11-20(16-32)21-15-23(31-27(30)22(21)17-33)26-24(34)12-7-13-25(26)36-18-19-9-5-4-6-10-19;1-29(2,3)36-28(34)32-15-9-12-21(17-32)23-16-25(31-27(30)24(23)18-33)22-13-7-8-14-26(22)35-19-20-10-5-4-6-11-20/h4-7,9-10,12-13,15,17,20,34H,8,11,14,16,18H2,1-3H3,(H2,30,31);4-8,10-11,13-14,16,21,33H,9,12,15,17-19H2,1-3H3,(H2,30,31). The number of carbonyl (C=O) groups excluding carboxylic acids is 3. The number of phenols is 1. The number of aromatic nitrogens is 2. The summed E-state index contributed by atoms with van der Waals surface area (Å²) in [6, 6.07) is 36.2. The summed E-state index contributed by atoms with van der Waals surface area (Å²) in [5, 5.41) is 20.9. The lowest BCUT2D eigenvalue weighted by Crippen LogP contribution is -2.42. The van der Waals surface area contributed by atoms with Gasteiger partial charge in [0.05, 0.1) is 29.1 Å². The van der Waals surface area contributed by atoms with Crippen LogP contribution in [0.15, 0.2) is 115 Å². The molecule has 15 heteroatoms. The number of hydrogen-bond donors (Lipinski definition) is 4. The minimum Gasteiger partial charge on any atom is -0.507 e. The van der Waals surface area contributed by atoms with Crippen molar-refractivity contribution in [2.24, 2.45) is 0 Å². The second-order valence-corrected chi connectivity index (χ2v) is 20.4. The van der Waals surface area contributed by atoms with Gasteiger partial charge in [-0.25, -0.2) is 19.6 Å². The van der Waals surface area contributed by atoms with Crippen LogP contribution in [-0.2, 0) is 29.3 Å². The first kappa shape index (κ1) is 53.2. The first-order valence-corrected chi connectivity index (χ1v) is 24.8. The largest absolute Gasteiger partial charge is 0.507 e. The molecule has 2 fully saturated rings. The van der Waals surface area contributed by atoms with Gasteiger partial charge in [-0.1, -0.05) is 78.9 Å². The van der Waals surface area contributed by atoms with Gasteiger partial charge in [0.2, 0.25) is 0 Å². The van der Waals surface area contributed by atoms with Gasteiger partial charge in [-0.3, -0.25) is 4.79 Å². The van der Waals surface area contributed by atoms with E-state index in [1.54, 1.807) is 34.1 Å². The number of carbonyl (C=O) groups is 3. The molecule has 0 bridgehead atoms. The average molecular weight is 993 g/mol. The Labute approximate surface area is 428 Å². The van der Waals surface area contributed by atoms with Crippen molar-refractivity contribution in [1.29, 1.82) is 0 Å². The van der Waals surface area contributed by atoms with Crippen molar-refractivity contribution in [3.05, 3.63) is 149 Å². The molecular formula is C58H68N6O9. The van der Waals surface area contributed by atoms with Gasteiger partial charge in [0.25, 0.3) is 0 Å². The summed E-state index contributed by atoms with van der Waals surface area (Å²) in [5.74, 6) is 1.35. The molecule has 73 heavy (non-hydrogen) atoms. The molecular weight excluding hydrogens is 925 g/mol. The SMILES string of the molecule is CC(C)(C)OC(=O)N1CCCC(c2cc(-c3c(O)cccc3OCc3ccccc3)nc(N)c2C=O)C1.CC(C)(C)OC(=O)N1CCCC(c2cc(-c3ccccc3OCc3ccccc3)nc(N)c2CO)C1. The Morgan fingerprint density at radius 1 is 0.658 bits per heavy atom. The number of phenolic OH excluding ortho intramolecular Hbond substituents is 1. The number of nitrogen functional groups attached to an aromatic ring is 2. The molecule has 2 aliphatic heterocycles. The highest BCUT2D eigenvalue weighted by atomic mass is 16.6. The number of pyridine rings is 2. The van der Waals surface area contributed by atoms with Crippen molar-refractivity contribution in [3.8, 4) is 39.8 Å². The number of nitrogens with two attached hydrogens (primary N) is 2. The molecule has 4 aromatic carbocycles. The van der Waals surface area contributed by atoms with Gasteiger partial charge in [-0.2, -0.15) is 0 Å². The van der Waals surface area contributed by atoms with E-state index in [0.717, 1.165) is 47.9 Å². The molecule has 0 aliphatic carbocycles. The zero-order valence-electron chi connectivity index (χ0n) is 42.7. The number of benzene rings is 4. The first-order valence-electron chi connectivity index (χ1n) is 24.8. The minimum absolute atomic E-state index is 0.00914. The molecule has 0 spiro atoms. The van der Waals surface area contributed by atoms with Crippen LogP contribution >= 0.6 is 0 Å². The quantitative estimate of drug-likeness (QED) is 0.0841. The lowest BCUT2D eigenvalue weighted by molar-refractivity contribution is 0.0188. The number of piperidine rings is 2. The molecule has 2 aliphatic rings. The number of amides is 2. The van der Waals surface area contributed by atoms with E-state index in [1.807, 2.05) is 133 Å². The number of anilines is 2. The van der Waals surface area contributed by atoms with Crippen LogP contribution in [0.2, 0.25) is 0 Å². The van der Waals surface area contributed by atoms with Gasteiger partial charge in [0, 0.05) is 49.1 Å². The van der Waals surface area contributed by atoms with Crippen LogP contribution in [0.1, 0.15) is 117 Å². The lowest BCUT2D eigenvalue weighted by atomic mass is 9.87. The van der Waals surface area contributed by atoms with E-state index in [0.29, 0.717) is 90.8 Å². The van der Waals surface area contributed by atoms with E-state index in [4.69, 9.17) is 30.4 Å². The zero-order valence-corrected chi connectivity index (χ0v) is 42.7. The van der Waals surface area contributed by atoms with E-state index < -0.39 is 11.2 Å². The fourth-order valence-corrected chi connectivity index (χ4v) is 9.09. The Kier molecular flexibility index (Phi) is 17.3. The van der Waals surface area contributed by atoms with E-state index in [-0.39, 0.29) is 48.0 Å². The molecule has 2 unspecified atom stereocenters. The van der Waals surface area contributed by atoms with E-state index in [2.05, 4.69) is 9.97 Å². The van der Waals surface area contributed by atoms with Crippen molar-refractivity contribution in [2.45, 2.75) is 110 Å². The molecule has 0 saturated carbocycles. The van der Waals surface area contributed by atoms with Crippen molar-refractivity contribution < 1.29 is 43.5 Å². The van der Waals surface area contributed by atoms with Gasteiger partial charge in [0.1, 0.15) is 53.3 Å². The third-order valence-electron chi connectivity index (χ3n) is 12.5. The Balaban J connectivity index is 0.000000214. The molecule has 15 nitrogen and oxygen atoms in total. The molecule has 2 saturated heterocycles. The number of likely N-dealkylation sites (tertiary alicyclic amines) is 2. The topological polar surface area (TPSA) is 213 Å². The number of aliphatic hydroxyl groups excluding tert-OH is 1. The average Bonchev–Trinajstić information content (AvgIpc) is 3.37. The maximum absolute atomic E-state index is 12.7. The molecule has 0 radical (unpaired) electrons. The van der Waals surface area contributed by atoms with Gasteiger partial charge in [-0.05, 0) is 126 Å². The van der Waals surface area contributed by atoms with E-state index >= 15 is 0 Å². The van der Waals surface area contributed by atoms with Crippen LogP contribution in [0.4, 0.5) is 21.2 Å². The number of aliphatic hydroxyl groups is 1. The third-order valence-corrected chi connectivity index (χ3v) is 12.5. The van der Waals surface area contributed by atoms with Gasteiger partial charge < -0.3 is 50.4 Å². The normalized spacial score (nSPS) is 15.9. The van der Waals surface area contributed by atoms with Crippen LogP contribution in [0.5, 0.6) is 17.2 Å². The Bertz CT molecular complexity index is 2850. The Morgan fingerprint density at radius 3 is 1.70 bits per heavy atom. The molecule has 2 aromatic heterocycles. The van der Waals surface area contributed by atoms with E-state index in [1.165, 1.54) is 0 Å². The Hall–Kier alpha value is -7.65. The fraction of sp³-hybridized carbons (Fsp3) is 0.362. The predicted molar refractivity (Wildman–Crippen MR) is 282 cm³/mol. The molecule has 6 aromatic rings. The molecule has 8 rings (SSSR count). The summed E-state index contributed by atoms with van der Waals surface area (Å²) >= 11 is 0. The summed E-state index contributed by atoms with van der Waals surface area (Å²) in [6.45, 7) is 13.7. The van der Waals surface area contributed by atoms with Gasteiger partial charge in [-0.15, -0.1) is 0 Å². The minimum atomic E-state index is -0.604. The summed E-state index contributed by atoms with van der Waals surface area (Å²) in [4.78, 5) is 50.0. The van der Waals surface area contributed by atoms with Crippen molar-refractivity contribution in [1.82, 2.24) is 19.8 Å². The van der Waals surface area contributed by atoms with Crippen molar-refractivity contribution in [2.75, 3.05) is 37.6 Å². The zero-order chi connectivity index (χ0) is 52.3. The summed E-state index contributed by atoms with van der Waals surface area (Å²) < 4.78 is 23.4. The molecule has 2 amide bonds. The highest BCUT2D eigenvalue weighted by Crippen LogP contribution is 2.42. The number of aldehydes is 1. The summed E-state index contributed by atoms with van der Waals surface area (Å²) in [7, 11) is 0. The number of aromatic hydroxyl groups is 1. The predicted octanol–water partition coefficient (Wildman–Crippen LogP) is 11.1. The van der Waals surface area contributed by atoms with Crippen LogP contribution in [0.25, 0.3) is 22.5 Å². The highest BCUT2D eigenvalue weighted by molar-refractivity contribution is 5.87. The van der Waals surface area contributed by atoms with Crippen LogP contribution in [0.3, 0.4) is 0 Å². The second-order valence-electron chi connectivity index (χ2n) is 20.4. The van der Waals surface area contributed by atoms with Gasteiger partial charge in [0.15, 0.2) is 6.29 Å². The van der Waals surface area contributed by atoms with Crippen LogP contribution in [-0.4, -0.2) is 85.8 Å². The van der Waals surface area contributed by atoms with Crippen LogP contribution in [0, 0.1) is 0 Å². The molecule has 384 valence electrons. The highest BCUT2D eigenvalue weighted by Gasteiger charge is 2.33. The smallest absolute Gasteiger partial charge is 0.410 e. The summed E-state index contributed by atoms with van der Waals surface area (Å²) in [5.41, 5.74) is 18.3. The monoisotopic (exact) mass is 993 g/mol. The third kappa shape index (κ3) is 14.1. The number of para-hydroxylation sites is 1. The number of ether oxygens (including phenoxy) is 4. The maximum atomic E-state index is 12.7. The number of rotatable bonds is 12. The van der Waals surface area contributed by atoms with Gasteiger partial charge >= 0.3 is 12.2 Å².